The van der Waals surface area contributed by atoms with Crippen molar-refractivity contribution in [1.29, 1.82) is 0 Å². The Balaban J connectivity index is 1.60. The Morgan fingerprint density at radius 1 is 1.12 bits per heavy atom. The van der Waals surface area contributed by atoms with E-state index in [9.17, 15) is 0 Å². The van der Waals surface area contributed by atoms with Gasteiger partial charge in [-0.3, -0.25) is 0 Å². The molecule has 1 atom stereocenters. The summed E-state index contributed by atoms with van der Waals surface area (Å²) in [6.07, 6.45) is 3.44. The molecule has 0 bridgehead atoms. The molecule has 0 aliphatic carbocycles. The lowest BCUT2D eigenvalue weighted by atomic mass is 9.98. The van der Waals surface area contributed by atoms with Crippen molar-refractivity contribution in [2.75, 3.05) is 25.1 Å². The second-order valence-corrected chi connectivity index (χ2v) is 4.99. The van der Waals surface area contributed by atoms with Crippen LogP contribution in [0.3, 0.4) is 0 Å². The molecule has 3 nitrogen and oxygen atoms in total. The van der Waals surface area contributed by atoms with Gasteiger partial charge in [-0.2, -0.15) is 0 Å². The topological polar surface area (TPSA) is 33.3 Å². The zero-order valence-corrected chi connectivity index (χ0v) is 10.1. The zero-order valence-electron chi connectivity index (χ0n) is 10.1. The summed E-state index contributed by atoms with van der Waals surface area (Å²) in [6.45, 7) is 2.86. The van der Waals surface area contributed by atoms with Crippen molar-refractivity contribution in [2.45, 2.75) is 31.3 Å². The summed E-state index contributed by atoms with van der Waals surface area (Å²) in [7, 11) is 0. The van der Waals surface area contributed by atoms with Gasteiger partial charge in [0.05, 0.1) is 0 Å². The maximum atomic E-state index is 5.39. The molecule has 2 N–H and O–H groups in total. The monoisotopic (exact) mass is 232 g/mol. The third kappa shape index (κ3) is 2.61. The molecule has 0 aromatic heterocycles. The number of rotatable bonds is 2. The molecule has 2 aliphatic heterocycles. The summed E-state index contributed by atoms with van der Waals surface area (Å²) in [5.41, 5.74) is 2.74. The van der Waals surface area contributed by atoms with E-state index in [1.54, 1.807) is 0 Å². The molecule has 0 saturated carbocycles. The molecule has 0 amide bonds. The van der Waals surface area contributed by atoms with E-state index in [0.29, 0.717) is 12.1 Å². The highest BCUT2D eigenvalue weighted by atomic mass is 16.5. The summed E-state index contributed by atoms with van der Waals surface area (Å²) in [5.74, 6) is 0. The normalized spacial score (nSPS) is 25.1. The van der Waals surface area contributed by atoms with Crippen LogP contribution in [-0.2, 0) is 11.2 Å². The van der Waals surface area contributed by atoms with E-state index in [-0.39, 0.29) is 0 Å². The predicted molar refractivity (Wildman–Crippen MR) is 69.4 cm³/mol. The van der Waals surface area contributed by atoms with Crippen molar-refractivity contribution in [2.24, 2.45) is 0 Å². The number of ether oxygens (including phenoxy) is 1. The van der Waals surface area contributed by atoms with Gasteiger partial charge in [0.15, 0.2) is 0 Å². The maximum absolute atomic E-state index is 5.39. The summed E-state index contributed by atoms with van der Waals surface area (Å²) >= 11 is 0. The van der Waals surface area contributed by atoms with Crippen LogP contribution >= 0.6 is 0 Å². The number of hydrogen-bond acceptors (Lipinski definition) is 3. The number of fused-ring (bicyclic) bond motifs is 1. The lowest BCUT2D eigenvalue weighted by molar-refractivity contribution is 0.0752. The Hall–Kier alpha value is -1.06. The number of para-hydroxylation sites is 1. The number of anilines is 1. The van der Waals surface area contributed by atoms with Gasteiger partial charge < -0.3 is 15.4 Å². The van der Waals surface area contributed by atoms with Crippen LogP contribution in [0.2, 0.25) is 0 Å². The molecule has 1 saturated heterocycles. The summed E-state index contributed by atoms with van der Waals surface area (Å²) < 4.78 is 5.39. The summed E-state index contributed by atoms with van der Waals surface area (Å²) in [4.78, 5) is 0. The van der Waals surface area contributed by atoms with Gasteiger partial charge in [0.1, 0.15) is 0 Å². The van der Waals surface area contributed by atoms with Gasteiger partial charge in [-0.05, 0) is 30.9 Å². The molecule has 0 radical (unpaired) electrons. The molecule has 1 aromatic carbocycles. The molecule has 3 rings (SSSR count). The first kappa shape index (κ1) is 11.1. The second kappa shape index (κ2) is 5.07. The standard InChI is InChI=1S/C14H20N2O/c1-2-4-14-11(3-1)9-13(10-15-14)16-12-5-7-17-8-6-12/h1-4,12-13,15-16H,5-10H2. The SMILES string of the molecule is c1ccc2c(c1)CC(NC1CCOCC1)CN2. The van der Waals surface area contributed by atoms with E-state index in [0.717, 1.165) is 39.0 Å². The average molecular weight is 232 g/mol. The highest BCUT2D eigenvalue weighted by Gasteiger charge is 2.21. The Morgan fingerprint density at radius 2 is 1.94 bits per heavy atom. The van der Waals surface area contributed by atoms with Crippen LogP contribution in [0.4, 0.5) is 5.69 Å². The Labute approximate surface area is 103 Å². The van der Waals surface area contributed by atoms with Crippen molar-refractivity contribution in [3.8, 4) is 0 Å². The van der Waals surface area contributed by atoms with E-state index in [4.69, 9.17) is 4.74 Å². The van der Waals surface area contributed by atoms with E-state index >= 15 is 0 Å². The molecule has 3 heteroatoms. The van der Waals surface area contributed by atoms with Gasteiger partial charge in [0, 0.05) is 37.5 Å². The second-order valence-electron chi connectivity index (χ2n) is 4.99. The van der Waals surface area contributed by atoms with Crippen LogP contribution in [0.25, 0.3) is 0 Å². The molecule has 2 aliphatic rings. The lowest BCUT2D eigenvalue weighted by Gasteiger charge is -2.32. The predicted octanol–water partition coefficient (Wildman–Crippen LogP) is 1.79. The van der Waals surface area contributed by atoms with Crippen molar-refractivity contribution in [3.05, 3.63) is 29.8 Å². The van der Waals surface area contributed by atoms with E-state index < -0.39 is 0 Å². The molecule has 1 fully saturated rings. The fourth-order valence-electron chi connectivity index (χ4n) is 2.76. The van der Waals surface area contributed by atoms with Crippen LogP contribution < -0.4 is 10.6 Å². The number of nitrogens with one attached hydrogen (secondary N) is 2. The molecule has 0 spiro atoms. The highest BCUT2D eigenvalue weighted by molar-refractivity contribution is 5.53. The van der Waals surface area contributed by atoms with Crippen LogP contribution in [0.15, 0.2) is 24.3 Å². The Morgan fingerprint density at radius 3 is 2.82 bits per heavy atom. The van der Waals surface area contributed by atoms with Gasteiger partial charge in [-0.1, -0.05) is 18.2 Å². The van der Waals surface area contributed by atoms with Gasteiger partial charge >= 0.3 is 0 Å². The van der Waals surface area contributed by atoms with Crippen LogP contribution in [0.5, 0.6) is 0 Å². The lowest BCUT2D eigenvalue weighted by Crippen LogP contribution is -2.47. The van der Waals surface area contributed by atoms with Crippen molar-refractivity contribution < 1.29 is 4.74 Å². The fraction of sp³-hybridized carbons (Fsp3) is 0.571. The zero-order chi connectivity index (χ0) is 11.5. The summed E-state index contributed by atoms with van der Waals surface area (Å²) in [6, 6.07) is 9.81. The van der Waals surface area contributed by atoms with E-state index in [1.807, 2.05) is 0 Å². The molecular weight excluding hydrogens is 212 g/mol. The molecule has 2 heterocycles. The first-order valence-electron chi connectivity index (χ1n) is 6.57. The molecule has 92 valence electrons. The largest absolute Gasteiger partial charge is 0.383 e. The quantitative estimate of drug-likeness (QED) is 0.815. The van der Waals surface area contributed by atoms with E-state index in [2.05, 4.69) is 34.9 Å². The van der Waals surface area contributed by atoms with Crippen molar-refractivity contribution in [1.82, 2.24) is 5.32 Å². The molecular formula is C14H20N2O. The number of hydrogen-bond donors (Lipinski definition) is 2. The first-order chi connectivity index (χ1) is 8.42. The van der Waals surface area contributed by atoms with Crippen molar-refractivity contribution in [3.63, 3.8) is 0 Å². The van der Waals surface area contributed by atoms with E-state index in [1.165, 1.54) is 11.3 Å². The third-order valence-corrected chi connectivity index (χ3v) is 3.72. The molecule has 1 unspecified atom stereocenters. The molecule has 17 heavy (non-hydrogen) atoms. The fourth-order valence-corrected chi connectivity index (χ4v) is 2.76. The van der Waals surface area contributed by atoms with Gasteiger partial charge in [-0.25, -0.2) is 0 Å². The van der Waals surface area contributed by atoms with Crippen molar-refractivity contribution >= 4 is 5.69 Å². The van der Waals surface area contributed by atoms with Gasteiger partial charge in [0.25, 0.3) is 0 Å². The maximum Gasteiger partial charge on any atom is 0.0480 e. The average Bonchev–Trinajstić information content (AvgIpc) is 2.40. The minimum absolute atomic E-state index is 0.563. The van der Waals surface area contributed by atoms with Crippen LogP contribution in [0.1, 0.15) is 18.4 Å². The third-order valence-electron chi connectivity index (χ3n) is 3.72. The summed E-state index contributed by atoms with van der Waals surface area (Å²) in [5, 5.41) is 7.26. The molecule has 1 aromatic rings. The van der Waals surface area contributed by atoms with Gasteiger partial charge in [-0.15, -0.1) is 0 Å². The van der Waals surface area contributed by atoms with Crippen LogP contribution in [-0.4, -0.2) is 31.8 Å². The number of benzene rings is 1. The smallest absolute Gasteiger partial charge is 0.0480 e. The minimum atomic E-state index is 0.563. The Kier molecular flexibility index (Phi) is 3.29. The van der Waals surface area contributed by atoms with Crippen LogP contribution in [0, 0.1) is 0 Å². The Bertz CT molecular complexity index is 374. The minimum Gasteiger partial charge on any atom is -0.383 e. The highest BCUT2D eigenvalue weighted by Crippen LogP contribution is 2.21. The van der Waals surface area contributed by atoms with Gasteiger partial charge in [0.2, 0.25) is 0 Å². The first-order valence-corrected chi connectivity index (χ1v) is 6.57.